The van der Waals surface area contributed by atoms with Gasteiger partial charge in [-0.2, -0.15) is 0 Å². The van der Waals surface area contributed by atoms with Crippen LogP contribution in [0.4, 0.5) is 5.69 Å². The number of rotatable bonds is 4. The van der Waals surface area contributed by atoms with Gasteiger partial charge in [-0.25, -0.2) is 9.19 Å². The third-order valence-corrected chi connectivity index (χ3v) is 4.54. The van der Waals surface area contributed by atoms with E-state index in [0.717, 1.165) is 19.4 Å². The highest BCUT2D eigenvalue weighted by atomic mass is 32.2. The Balaban J connectivity index is 1.84. The Labute approximate surface area is 117 Å². The summed E-state index contributed by atoms with van der Waals surface area (Å²) in [7, 11) is -1.33. The molecule has 8 heteroatoms. The summed E-state index contributed by atoms with van der Waals surface area (Å²) >= 11 is 0. The second-order valence-electron chi connectivity index (χ2n) is 4.69. The molecule has 1 N–H and O–H groups in total. The smallest absolute Gasteiger partial charge is 0.287 e. The minimum atomic E-state index is -1.33. The first-order valence-electron chi connectivity index (χ1n) is 6.30. The van der Waals surface area contributed by atoms with Crippen LogP contribution in [0.1, 0.15) is 12.8 Å². The summed E-state index contributed by atoms with van der Waals surface area (Å²) in [5, 5.41) is 14.1. The van der Waals surface area contributed by atoms with Crippen molar-refractivity contribution in [3.05, 3.63) is 28.3 Å². The lowest BCUT2D eigenvalue weighted by Gasteiger charge is -2.06. The summed E-state index contributed by atoms with van der Waals surface area (Å²) in [5.74, 6) is 0.453. The lowest BCUT2D eigenvalue weighted by atomic mass is 10.3. The first kappa shape index (κ1) is 13.2. The molecule has 2 heterocycles. The van der Waals surface area contributed by atoms with Gasteiger partial charge in [-0.05, 0) is 25.5 Å². The van der Waals surface area contributed by atoms with E-state index in [2.05, 4.69) is 10.3 Å². The number of non-ortho nitro benzene ring substituents is 1. The molecule has 0 radical (unpaired) electrons. The summed E-state index contributed by atoms with van der Waals surface area (Å²) in [6, 6.07) is 4.38. The molecule has 1 aliphatic heterocycles. The Morgan fingerprint density at radius 3 is 3.10 bits per heavy atom. The number of aromatic nitrogens is 1. The highest BCUT2D eigenvalue weighted by Gasteiger charge is 2.21. The number of nitrogens with one attached hydrogen (secondary N) is 1. The first-order chi connectivity index (χ1) is 9.63. The van der Waals surface area contributed by atoms with Crippen LogP contribution < -0.4 is 5.32 Å². The van der Waals surface area contributed by atoms with Crippen LogP contribution >= 0.6 is 0 Å². The van der Waals surface area contributed by atoms with Crippen molar-refractivity contribution in [3.63, 3.8) is 0 Å². The molecule has 106 valence electrons. The van der Waals surface area contributed by atoms with Gasteiger partial charge in [-0.15, -0.1) is 0 Å². The van der Waals surface area contributed by atoms with Gasteiger partial charge in [-0.1, -0.05) is 0 Å². The summed E-state index contributed by atoms with van der Waals surface area (Å²) in [4.78, 5) is 14.3. The summed E-state index contributed by atoms with van der Waals surface area (Å²) in [5.41, 5.74) is 0.723. The Morgan fingerprint density at radius 1 is 1.55 bits per heavy atom. The van der Waals surface area contributed by atoms with Crippen molar-refractivity contribution < 1.29 is 13.5 Å². The van der Waals surface area contributed by atoms with Crippen LogP contribution in [0.15, 0.2) is 27.8 Å². The average Bonchev–Trinajstić information content (AvgIpc) is 3.05. The van der Waals surface area contributed by atoms with Crippen molar-refractivity contribution in [1.29, 1.82) is 0 Å². The molecule has 1 fully saturated rings. The molecule has 1 aromatic carbocycles. The first-order valence-corrected chi connectivity index (χ1v) is 7.62. The number of fused-ring (bicyclic) bond motifs is 1. The highest BCUT2D eigenvalue weighted by molar-refractivity contribution is 7.84. The molecule has 0 saturated carbocycles. The molecule has 0 unspecified atom stereocenters. The Hall–Kier alpha value is -1.80. The normalized spacial score (nSPS) is 20.3. The van der Waals surface area contributed by atoms with E-state index >= 15 is 0 Å². The lowest BCUT2D eigenvalue weighted by molar-refractivity contribution is -0.384. The van der Waals surface area contributed by atoms with Crippen LogP contribution in [-0.2, 0) is 10.8 Å². The van der Waals surface area contributed by atoms with Crippen molar-refractivity contribution >= 4 is 27.6 Å². The van der Waals surface area contributed by atoms with Gasteiger partial charge in [0.1, 0.15) is 16.3 Å². The molecule has 1 saturated heterocycles. The van der Waals surface area contributed by atoms with Gasteiger partial charge in [0, 0.05) is 23.9 Å². The maximum atomic E-state index is 12.2. The van der Waals surface area contributed by atoms with E-state index < -0.39 is 15.7 Å². The van der Waals surface area contributed by atoms with Crippen molar-refractivity contribution in [1.82, 2.24) is 10.3 Å². The third kappa shape index (κ3) is 2.56. The fourth-order valence-corrected chi connectivity index (χ4v) is 3.43. The number of nitrogens with zero attached hydrogens (tertiary/aromatic N) is 2. The van der Waals surface area contributed by atoms with Gasteiger partial charge in [0.15, 0.2) is 5.58 Å². The Bertz CT molecular complexity index is 678. The molecule has 7 nitrogen and oxygen atoms in total. The molecule has 1 aliphatic rings. The summed E-state index contributed by atoms with van der Waals surface area (Å²) in [6.45, 7) is 0.946. The predicted molar refractivity (Wildman–Crippen MR) is 73.0 cm³/mol. The third-order valence-electron chi connectivity index (χ3n) is 3.27. The fourth-order valence-electron chi connectivity index (χ4n) is 2.26. The van der Waals surface area contributed by atoms with Crippen molar-refractivity contribution in [2.75, 3.05) is 12.3 Å². The topological polar surface area (TPSA) is 98.3 Å². The highest BCUT2D eigenvalue weighted by Crippen LogP contribution is 2.23. The lowest BCUT2D eigenvalue weighted by Crippen LogP contribution is -2.27. The zero-order valence-corrected chi connectivity index (χ0v) is 11.4. The van der Waals surface area contributed by atoms with E-state index in [1.165, 1.54) is 18.2 Å². The van der Waals surface area contributed by atoms with E-state index in [9.17, 15) is 14.3 Å². The van der Waals surface area contributed by atoms with E-state index in [-0.39, 0.29) is 17.0 Å². The van der Waals surface area contributed by atoms with E-state index in [4.69, 9.17) is 4.42 Å². The van der Waals surface area contributed by atoms with Gasteiger partial charge in [-0.3, -0.25) is 10.1 Å². The van der Waals surface area contributed by atoms with Gasteiger partial charge in [0.05, 0.1) is 4.92 Å². The largest absolute Gasteiger partial charge is 0.430 e. The Kier molecular flexibility index (Phi) is 3.49. The maximum Gasteiger partial charge on any atom is 0.287 e. The molecule has 2 atom stereocenters. The number of oxazole rings is 1. The molecule has 0 amide bonds. The van der Waals surface area contributed by atoms with Gasteiger partial charge in [0.2, 0.25) is 0 Å². The summed E-state index contributed by atoms with van der Waals surface area (Å²) < 4.78 is 17.6. The molecule has 0 bridgehead atoms. The van der Waals surface area contributed by atoms with Crippen LogP contribution in [0.5, 0.6) is 0 Å². The molecule has 1 aromatic heterocycles. The monoisotopic (exact) mass is 295 g/mol. The molecular formula is C12H13N3O4S. The van der Waals surface area contributed by atoms with Crippen LogP contribution in [0, 0.1) is 10.1 Å². The molecule has 20 heavy (non-hydrogen) atoms. The molecule has 0 aliphatic carbocycles. The number of benzene rings is 1. The minimum absolute atomic E-state index is 0.0550. The van der Waals surface area contributed by atoms with Crippen LogP contribution in [0.25, 0.3) is 11.1 Å². The summed E-state index contributed by atoms with van der Waals surface area (Å²) in [6.07, 6.45) is 2.08. The Morgan fingerprint density at radius 2 is 2.40 bits per heavy atom. The van der Waals surface area contributed by atoms with Gasteiger partial charge >= 0.3 is 0 Å². The number of nitro groups is 1. The van der Waals surface area contributed by atoms with Crippen molar-refractivity contribution in [2.24, 2.45) is 0 Å². The zero-order valence-electron chi connectivity index (χ0n) is 10.6. The van der Waals surface area contributed by atoms with E-state index in [1.54, 1.807) is 0 Å². The average molecular weight is 295 g/mol. The van der Waals surface area contributed by atoms with E-state index in [1.807, 2.05) is 0 Å². The second kappa shape index (κ2) is 5.29. The van der Waals surface area contributed by atoms with E-state index in [0.29, 0.717) is 16.9 Å². The molecule has 2 aromatic rings. The standard InChI is InChI=1S/C12H13N3O4S/c16-15(17)9-3-4-11-10(6-9)14-12(19-11)20(18)7-8-2-1-5-13-8/h3-4,6,8,13H,1-2,5,7H2/t8-,20-/m0/s1. The fraction of sp³-hybridized carbons (Fsp3) is 0.417. The molecule has 0 spiro atoms. The SMILES string of the molecule is O=[N+]([O-])c1ccc2oc([S@@](=O)C[C@@H]3CCCN3)nc2c1. The second-order valence-corrected chi connectivity index (χ2v) is 6.07. The number of nitro benzene ring substituents is 1. The van der Waals surface area contributed by atoms with Crippen molar-refractivity contribution in [2.45, 2.75) is 24.1 Å². The van der Waals surface area contributed by atoms with Crippen LogP contribution in [-0.4, -0.2) is 32.5 Å². The zero-order chi connectivity index (χ0) is 14.1. The maximum absolute atomic E-state index is 12.2. The quantitative estimate of drug-likeness (QED) is 0.679. The number of hydrogen-bond acceptors (Lipinski definition) is 6. The van der Waals surface area contributed by atoms with Gasteiger partial charge in [0.25, 0.3) is 10.9 Å². The minimum Gasteiger partial charge on any atom is -0.430 e. The molecular weight excluding hydrogens is 282 g/mol. The molecule has 3 rings (SSSR count). The van der Waals surface area contributed by atoms with Crippen LogP contribution in [0.2, 0.25) is 0 Å². The predicted octanol–water partition coefficient (Wildman–Crippen LogP) is 1.60. The van der Waals surface area contributed by atoms with Crippen LogP contribution in [0.3, 0.4) is 0 Å². The number of hydrogen-bond donors (Lipinski definition) is 1. The van der Waals surface area contributed by atoms with Gasteiger partial charge < -0.3 is 9.73 Å². The van der Waals surface area contributed by atoms with Crippen molar-refractivity contribution in [3.8, 4) is 0 Å².